The van der Waals surface area contributed by atoms with E-state index in [4.69, 9.17) is 0 Å². The number of thioether (sulfide) groups is 1. The zero-order chi connectivity index (χ0) is 13.0. The molecule has 1 aliphatic carbocycles. The monoisotopic (exact) mass is 263 g/mol. The molecule has 1 saturated carbocycles. The number of carbonyl (C=O) groups is 1. The maximum atomic E-state index is 11.8. The van der Waals surface area contributed by atoms with Gasteiger partial charge in [0.25, 0.3) is 5.24 Å². The summed E-state index contributed by atoms with van der Waals surface area (Å²) >= 11 is 1.36. The molecular weight excluding hydrogens is 242 g/mol. The molecule has 0 radical (unpaired) electrons. The molecule has 1 aliphatic rings. The van der Waals surface area contributed by atoms with Gasteiger partial charge in [-0.2, -0.15) is 0 Å². The Morgan fingerprint density at radius 3 is 2.50 bits per heavy atom. The van der Waals surface area contributed by atoms with Crippen LogP contribution in [0.1, 0.15) is 43.6 Å². The Kier molecular flexibility index (Phi) is 4.70. The smallest absolute Gasteiger partial charge is 0.285 e. The first-order valence-electron chi connectivity index (χ1n) is 6.66. The summed E-state index contributed by atoms with van der Waals surface area (Å²) in [6.45, 7) is 0. The summed E-state index contributed by atoms with van der Waals surface area (Å²) in [7, 11) is 3.61. The Morgan fingerprint density at radius 2 is 1.83 bits per heavy atom. The molecule has 0 spiro atoms. The van der Waals surface area contributed by atoms with Crippen LogP contribution in [0.25, 0.3) is 0 Å². The molecule has 18 heavy (non-hydrogen) atoms. The minimum atomic E-state index is 0.109. The Morgan fingerprint density at radius 1 is 1.17 bits per heavy atom. The second kappa shape index (κ2) is 6.28. The Labute approximate surface area is 114 Å². The fourth-order valence-electron chi connectivity index (χ4n) is 2.51. The van der Waals surface area contributed by atoms with Crippen LogP contribution in [0.4, 0.5) is 4.79 Å². The molecule has 1 aromatic rings. The van der Waals surface area contributed by atoms with E-state index in [9.17, 15) is 4.79 Å². The minimum absolute atomic E-state index is 0.109. The van der Waals surface area contributed by atoms with E-state index in [0.717, 1.165) is 4.90 Å². The molecule has 0 bridgehead atoms. The molecule has 0 aliphatic heterocycles. The molecule has 1 amide bonds. The fraction of sp³-hybridized carbons (Fsp3) is 0.533. The Balaban J connectivity index is 2.16. The van der Waals surface area contributed by atoms with Crippen molar-refractivity contribution in [2.24, 2.45) is 0 Å². The van der Waals surface area contributed by atoms with Gasteiger partial charge < -0.3 is 4.90 Å². The fourth-order valence-corrected chi connectivity index (χ4v) is 3.38. The topological polar surface area (TPSA) is 20.3 Å². The average Bonchev–Trinajstić information content (AvgIpc) is 2.40. The van der Waals surface area contributed by atoms with E-state index in [1.807, 2.05) is 6.07 Å². The van der Waals surface area contributed by atoms with E-state index < -0.39 is 0 Å². The summed E-state index contributed by atoms with van der Waals surface area (Å²) in [6, 6.07) is 8.39. The van der Waals surface area contributed by atoms with Crippen LogP contribution in [0, 0.1) is 0 Å². The summed E-state index contributed by atoms with van der Waals surface area (Å²) in [5.74, 6) is 0.650. The van der Waals surface area contributed by atoms with Crippen molar-refractivity contribution in [1.29, 1.82) is 0 Å². The number of hydrogen-bond donors (Lipinski definition) is 0. The van der Waals surface area contributed by atoms with Crippen LogP contribution in [0.15, 0.2) is 29.2 Å². The summed E-state index contributed by atoms with van der Waals surface area (Å²) in [5.41, 5.74) is 1.37. The van der Waals surface area contributed by atoms with Gasteiger partial charge in [-0.15, -0.1) is 0 Å². The predicted octanol–water partition coefficient (Wildman–Crippen LogP) is 4.51. The maximum Gasteiger partial charge on any atom is 0.285 e. The second-order valence-electron chi connectivity index (χ2n) is 5.14. The van der Waals surface area contributed by atoms with Crippen LogP contribution in [-0.2, 0) is 0 Å². The molecule has 0 unspecified atom stereocenters. The molecular formula is C15H21NOS. The molecule has 3 heteroatoms. The van der Waals surface area contributed by atoms with Crippen molar-refractivity contribution in [2.75, 3.05) is 14.1 Å². The van der Waals surface area contributed by atoms with Crippen LogP contribution in [0.5, 0.6) is 0 Å². The van der Waals surface area contributed by atoms with Crippen molar-refractivity contribution in [3.05, 3.63) is 29.8 Å². The molecule has 1 fully saturated rings. The maximum absolute atomic E-state index is 11.8. The Bertz CT molecular complexity index is 411. The van der Waals surface area contributed by atoms with Gasteiger partial charge in [-0.25, -0.2) is 0 Å². The quantitative estimate of drug-likeness (QED) is 0.732. The highest BCUT2D eigenvalue weighted by atomic mass is 32.2. The van der Waals surface area contributed by atoms with Crippen molar-refractivity contribution in [3.63, 3.8) is 0 Å². The van der Waals surface area contributed by atoms with Gasteiger partial charge in [0, 0.05) is 19.0 Å². The molecule has 0 saturated heterocycles. The van der Waals surface area contributed by atoms with Crippen molar-refractivity contribution in [3.8, 4) is 0 Å². The van der Waals surface area contributed by atoms with Gasteiger partial charge >= 0.3 is 0 Å². The third kappa shape index (κ3) is 3.29. The first-order chi connectivity index (χ1) is 8.68. The van der Waals surface area contributed by atoms with E-state index in [1.54, 1.807) is 19.0 Å². The lowest BCUT2D eigenvalue weighted by Gasteiger charge is -2.24. The summed E-state index contributed by atoms with van der Waals surface area (Å²) in [6.07, 6.45) is 6.56. The first-order valence-corrected chi connectivity index (χ1v) is 7.48. The highest BCUT2D eigenvalue weighted by molar-refractivity contribution is 8.13. The van der Waals surface area contributed by atoms with Gasteiger partial charge in [-0.05, 0) is 42.2 Å². The highest BCUT2D eigenvalue weighted by Gasteiger charge is 2.19. The number of hydrogen-bond acceptors (Lipinski definition) is 2. The molecule has 0 aromatic heterocycles. The minimum Gasteiger partial charge on any atom is -0.339 e. The number of benzene rings is 1. The summed E-state index contributed by atoms with van der Waals surface area (Å²) in [4.78, 5) is 14.6. The normalized spacial score (nSPS) is 16.6. The number of amides is 1. The van der Waals surface area contributed by atoms with E-state index in [0.29, 0.717) is 5.92 Å². The van der Waals surface area contributed by atoms with Crippen LogP contribution >= 0.6 is 11.8 Å². The third-order valence-electron chi connectivity index (χ3n) is 3.53. The lowest BCUT2D eigenvalue weighted by Crippen LogP contribution is -2.16. The van der Waals surface area contributed by atoms with Crippen molar-refractivity contribution < 1.29 is 4.79 Å². The van der Waals surface area contributed by atoms with Crippen LogP contribution in [-0.4, -0.2) is 24.2 Å². The molecule has 0 heterocycles. The molecule has 0 atom stereocenters. The number of nitrogens with zero attached hydrogens (tertiary/aromatic N) is 1. The zero-order valence-corrected chi connectivity index (χ0v) is 12.0. The SMILES string of the molecule is CN(C)C(=O)Sc1ccccc1C1CCCCC1. The standard InChI is InChI=1S/C15H21NOS/c1-16(2)15(17)18-14-11-7-6-10-13(14)12-8-4-3-5-9-12/h6-7,10-12H,3-5,8-9H2,1-2H3. The van der Waals surface area contributed by atoms with Gasteiger partial charge in [0.05, 0.1) is 0 Å². The predicted molar refractivity (Wildman–Crippen MR) is 77.2 cm³/mol. The van der Waals surface area contributed by atoms with Gasteiger partial charge in [0.2, 0.25) is 0 Å². The molecule has 98 valence electrons. The second-order valence-corrected chi connectivity index (χ2v) is 6.13. The number of rotatable bonds is 2. The van der Waals surface area contributed by atoms with Gasteiger partial charge in [-0.3, -0.25) is 4.79 Å². The molecule has 2 nitrogen and oxygen atoms in total. The zero-order valence-electron chi connectivity index (χ0n) is 11.2. The molecule has 2 rings (SSSR count). The summed E-state index contributed by atoms with van der Waals surface area (Å²) in [5, 5.41) is 0.109. The number of carbonyl (C=O) groups excluding carboxylic acids is 1. The van der Waals surface area contributed by atoms with Crippen LogP contribution in [0.2, 0.25) is 0 Å². The largest absolute Gasteiger partial charge is 0.339 e. The van der Waals surface area contributed by atoms with Crippen molar-refractivity contribution >= 4 is 17.0 Å². The van der Waals surface area contributed by atoms with E-state index >= 15 is 0 Å². The van der Waals surface area contributed by atoms with Crippen LogP contribution in [0.3, 0.4) is 0 Å². The van der Waals surface area contributed by atoms with Crippen LogP contribution < -0.4 is 0 Å². The van der Waals surface area contributed by atoms with Crippen molar-refractivity contribution in [1.82, 2.24) is 4.90 Å². The van der Waals surface area contributed by atoms with Gasteiger partial charge in [-0.1, -0.05) is 37.5 Å². The lowest BCUT2D eigenvalue weighted by atomic mass is 9.84. The molecule has 0 N–H and O–H groups in total. The van der Waals surface area contributed by atoms with Gasteiger partial charge in [0.1, 0.15) is 0 Å². The Hall–Kier alpha value is -0.960. The van der Waals surface area contributed by atoms with Crippen molar-refractivity contribution in [2.45, 2.75) is 42.9 Å². The van der Waals surface area contributed by atoms with E-state index in [1.165, 1.54) is 49.4 Å². The first kappa shape index (κ1) is 13.5. The lowest BCUT2D eigenvalue weighted by molar-refractivity contribution is 0.241. The highest BCUT2D eigenvalue weighted by Crippen LogP contribution is 2.38. The molecule has 1 aromatic carbocycles. The summed E-state index contributed by atoms with van der Waals surface area (Å²) < 4.78 is 0. The average molecular weight is 263 g/mol. The van der Waals surface area contributed by atoms with Gasteiger partial charge in [0.15, 0.2) is 0 Å². The van der Waals surface area contributed by atoms with E-state index in [2.05, 4.69) is 18.2 Å². The third-order valence-corrected chi connectivity index (χ3v) is 4.66. The van der Waals surface area contributed by atoms with E-state index in [-0.39, 0.29) is 5.24 Å².